The zero-order valence-electron chi connectivity index (χ0n) is 19.2. The van der Waals surface area contributed by atoms with E-state index in [2.05, 4.69) is 28.1 Å². The number of allylic oxidation sites excluding steroid dienone is 2. The van der Waals surface area contributed by atoms with Gasteiger partial charge in [-0.3, -0.25) is 24.2 Å². The number of benzene rings is 2. The Bertz CT molecular complexity index is 1310. The molecule has 1 aliphatic heterocycles. The van der Waals surface area contributed by atoms with Crippen LogP contribution < -0.4 is 4.90 Å². The summed E-state index contributed by atoms with van der Waals surface area (Å²) in [6.07, 6.45) is 5.40. The molecule has 6 unspecified atom stereocenters. The molecule has 1 saturated heterocycles. The van der Waals surface area contributed by atoms with Gasteiger partial charge in [-0.25, -0.2) is 0 Å². The van der Waals surface area contributed by atoms with E-state index in [1.165, 1.54) is 15.9 Å². The maximum Gasteiger partial charge on any atom is 0.259 e. The van der Waals surface area contributed by atoms with Crippen LogP contribution in [0.1, 0.15) is 27.9 Å². The molecule has 2 saturated carbocycles. The van der Waals surface area contributed by atoms with Crippen LogP contribution in [0.2, 0.25) is 10.0 Å². The zero-order chi connectivity index (χ0) is 24.8. The number of hydrogen-bond donors (Lipinski definition) is 0. The van der Waals surface area contributed by atoms with Crippen LogP contribution in [0, 0.1) is 49.4 Å². The van der Waals surface area contributed by atoms with E-state index < -0.39 is 0 Å². The molecule has 3 amide bonds. The van der Waals surface area contributed by atoms with Crippen LogP contribution in [0.4, 0.5) is 5.69 Å². The van der Waals surface area contributed by atoms with E-state index in [1.54, 1.807) is 12.1 Å². The van der Waals surface area contributed by atoms with Gasteiger partial charge in [-0.15, -0.1) is 0 Å². The van der Waals surface area contributed by atoms with Gasteiger partial charge >= 0.3 is 0 Å². The van der Waals surface area contributed by atoms with Crippen LogP contribution >= 0.6 is 39.1 Å². The minimum atomic E-state index is -0.354. The van der Waals surface area contributed by atoms with E-state index in [4.69, 9.17) is 23.2 Å². The number of carbonyl (C=O) groups excluding carboxylic acids is 3. The fourth-order valence-electron chi connectivity index (χ4n) is 6.40. The van der Waals surface area contributed by atoms with Crippen LogP contribution in [0.25, 0.3) is 0 Å². The minimum Gasteiger partial charge on any atom is -0.289 e. The Morgan fingerprint density at radius 1 is 0.971 bits per heavy atom. The zero-order valence-corrected chi connectivity index (χ0v) is 22.3. The van der Waals surface area contributed by atoms with Crippen molar-refractivity contribution in [3.8, 4) is 0 Å². The quantitative estimate of drug-likeness (QED) is 0.331. The number of amides is 3. The highest BCUT2D eigenvalue weighted by atomic mass is 79.9. The van der Waals surface area contributed by atoms with Crippen molar-refractivity contribution in [3.05, 3.63) is 73.7 Å². The molecule has 0 radical (unpaired) electrons. The lowest BCUT2D eigenvalue weighted by molar-refractivity contribution is -0.140. The molecule has 180 valence electrons. The van der Waals surface area contributed by atoms with Gasteiger partial charge in [0, 0.05) is 15.7 Å². The molecule has 7 rings (SSSR count). The summed E-state index contributed by atoms with van der Waals surface area (Å²) in [5, 5.41) is 0.614. The average molecular weight is 574 g/mol. The maximum absolute atomic E-state index is 13.8. The normalized spacial score (nSPS) is 29.9. The summed E-state index contributed by atoms with van der Waals surface area (Å²) in [5.74, 6) is 0.00658. The predicted molar refractivity (Wildman–Crippen MR) is 138 cm³/mol. The van der Waals surface area contributed by atoms with Crippen LogP contribution in [0.5, 0.6) is 0 Å². The molecular weight excluding hydrogens is 551 g/mol. The molecule has 5 nitrogen and oxygen atoms in total. The molecule has 35 heavy (non-hydrogen) atoms. The molecule has 1 heterocycles. The number of nitrogens with zero attached hydrogens (tertiary/aromatic N) is 2. The first-order valence-electron chi connectivity index (χ1n) is 11.7. The lowest BCUT2D eigenvalue weighted by atomic mass is 9.63. The summed E-state index contributed by atoms with van der Waals surface area (Å²) >= 11 is 15.8. The number of hydrogen-bond acceptors (Lipinski definition) is 3. The number of anilines is 1. The van der Waals surface area contributed by atoms with Crippen molar-refractivity contribution in [3.63, 3.8) is 0 Å². The number of rotatable bonds is 4. The van der Waals surface area contributed by atoms with Crippen molar-refractivity contribution in [2.45, 2.75) is 20.3 Å². The first kappa shape index (κ1) is 23.3. The molecule has 6 atom stereocenters. The van der Waals surface area contributed by atoms with Gasteiger partial charge in [-0.1, -0.05) is 51.3 Å². The molecule has 0 spiro atoms. The Morgan fingerprint density at radius 3 is 2.20 bits per heavy atom. The number of imide groups is 1. The van der Waals surface area contributed by atoms with Gasteiger partial charge in [0.2, 0.25) is 11.8 Å². The third-order valence-electron chi connectivity index (χ3n) is 8.43. The number of carbonyl (C=O) groups is 3. The van der Waals surface area contributed by atoms with Crippen LogP contribution in [0.3, 0.4) is 0 Å². The Kier molecular flexibility index (Phi) is 5.44. The van der Waals surface area contributed by atoms with Crippen molar-refractivity contribution in [2.75, 3.05) is 11.6 Å². The van der Waals surface area contributed by atoms with Gasteiger partial charge in [0.15, 0.2) is 0 Å². The van der Waals surface area contributed by atoms with Crippen molar-refractivity contribution < 1.29 is 14.4 Å². The number of likely N-dealkylation sites (tertiary alicyclic amines) is 1. The van der Waals surface area contributed by atoms with E-state index in [-0.39, 0.29) is 53.1 Å². The highest BCUT2D eigenvalue weighted by Crippen LogP contribution is 2.65. The Morgan fingerprint density at radius 2 is 1.60 bits per heavy atom. The van der Waals surface area contributed by atoms with Gasteiger partial charge in [0.05, 0.1) is 21.9 Å². The highest BCUT2D eigenvalue weighted by Gasteiger charge is 2.67. The number of halogens is 3. The van der Waals surface area contributed by atoms with Gasteiger partial charge in [0.1, 0.15) is 6.67 Å². The SMILES string of the molecule is Cc1c(Br)ccc(N(CN2C(=O)C3C4C=CC(C5CC45)C3C2=O)C(=O)c2ccc(Cl)c(Cl)c2)c1C. The summed E-state index contributed by atoms with van der Waals surface area (Å²) < 4.78 is 0.918. The summed E-state index contributed by atoms with van der Waals surface area (Å²) in [7, 11) is 0. The summed E-state index contributed by atoms with van der Waals surface area (Å²) in [6.45, 7) is 3.75. The second-order valence-electron chi connectivity index (χ2n) is 10.1. The Balaban J connectivity index is 1.39. The van der Waals surface area contributed by atoms with E-state index in [0.29, 0.717) is 28.1 Å². The summed E-state index contributed by atoms with van der Waals surface area (Å²) in [5.41, 5.74) is 2.83. The van der Waals surface area contributed by atoms with Crippen molar-refractivity contribution in [2.24, 2.45) is 35.5 Å². The molecule has 0 N–H and O–H groups in total. The highest BCUT2D eigenvalue weighted by molar-refractivity contribution is 9.10. The second-order valence-corrected chi connectivity index (χ2v) is 11.7. The Hall–Kier alpha value is -2.15. The van der Waals surface area contributed by atoms with Gasteiger partial charge < -0.3 is 0 Å². The molecule has 4 aliphatic carbocycles. The third kappa shape index (κ3) is 3.44. The predicted octanol–water partition coefficient (Wildman–Crippen LogP) is 6.03. The molecule has 3 fully saturated rings. The fraction of sp³-hybridized carbons (Fsp3) is 0.370. The molecular formula is C27H23BrCl2N2O3. The van der Waals surface area contributed by atoms with E-state index in [1.807, 2.05) is 26.0 Å². The lowest BCUT2D eigenvalue weighted by Gasteiger charge is -2.37. The first-order valence-corrected chi connectivity index (χ1v) is 13.3. The molecule has 2 bridgehead atoms. The van der Waals surface area contributed by atoms with Gasteiger partial charge in [0.25, 0.3) is 5.91 Å². The van der Waals surface area contributed by atoms with Crippen molar-refractivity contribution in [1.29, 1.82) is 0 Å². The first-order chi connectivity index (χ1) is 16.7. The van der Waals surface area contributed by atoms with Gasteiger partial charge in [-0.05, 0) is 85.4 Å². The monoisotopic (exact) mass is 572 g/mol. The minimum absolute atomic E-state index is 0.132. The Labute approximate surface area is 222 Å². The summed E-state index contributed by atoms with van der Waals surface area (Å²) in [4.78, 5) is 43.9. The topological polar surface area (TPSA) is 57.7 Å². The van der Waals surface area contributed by atoms with Gasteiger partial charge in [-0.2, -0.15) is 0 Å². The lowest BCUT2D eigenvalue weighted by Crippen LogP contribution is -2.45. The van der Waals surface area contributed by atoms with E-state index >= 15 is 0 Å². The third-order valence-corrected chi connectivity index (χ3v) is 10.0. The van der Waals surface area contributed by atoms with E-state index in [9.17, 15) is 14.4 Å². The van der Waals surface area contributed by atoms with Crippen LogP contribution in [-0.4, -0.2) is 29.3 Å². The molecule has 0 aromatic heterocycles. The summed E-state index contributed by atoms with van der Waals surface area (Å²) in [6, 6.07) is 8.41. The van der Waals surface area contributed by atoms with Crippen molar-refractivity contribution in [1.82, 2.24) is 4.90 Å². The van der Waals surface area contributed by atoms with Crippen LogP contribution in [-0.2, 0) is 9.59 Å². The van der Waals surface area contributed by atoms with Crippen molar-refractivity contribution >= 4 is 62.5 Å². The second kappa shape index (κ2) is 8.19. The fourth-order valence-corrected chi connectivity index (χ4v) is 7.13. The molecule has 8 heteroatoms. The molecule has 2 aromatic carbocycles. The molecule has 5 aliphatic rings. The van der Waals surface area contributed by atoms with E-state index in [0.717, 1.165) is 22.0 Å². The van der Waals surface area contributed by atoms with Crippen LogP contribution in [0.15, 0.2) is 47.0 Å². The smallest absolute Gasteiger partial charge is 0.259 e. The standard InChI is InChI=1S/C27H23BrCl2N2O3/c1-12-13(2)22(8-6-19(12)28)31(25(33)14-3-7-20(29)21(30)9-14)11-32-26(34)23-15-4-5-16(18-10-17(15)18)24(23)27(32)35/h3-9,15-18,23-24H,10-11H2,1-2H3. The average Bonchev–Trinajstić information content (AvgIpc) is 3.63. The maximum atomic E-state index is 13.8. The molecule has 2 aromatic rings. The largest absolute Gasteiger partial charge is 0.289 e.